The third-order valence-corrected chi connectivity index (χ3v) is 2.61. The van der Waals surface area contributed by atoms with Crippen molar-refractivity contribution in [2.75, 3.05) is 13.2 Å². The molecular weight excluding hydrogens is 233 g/mol. The average Bonchev–Trinajstić information content (AvgIpc) is 2.33. The molecule has 18 heavy (non-hydrogen) atoms. The summed E-state index contributed by atoms with van der Waals surface area (Å²) >= 11 is 0. The fourth-order valence-electron chi connectivity index (χ4n) is 1.57. The van der Waals surface area contributed by atoms with Crippen LogP contribution in [0.25, 0.3) is 0 Å². The average molecular weight is 253 g/mol. The summed E-state index contributed by atoms with van der Waals surface area (Å²) in [5.41, 5.74) is 1.57. The summed E-state index contributed by atoms with van der Waals surface area (Å²) in [6.45, 7) is 5.29. The Hall–Kier alpha value is -1.42. The zero-order valence-electron chi connectivity index (χ0n) is 11.0. The van der Waals surface area contributed by atoms with Gasteiger partial charge < -0.3 is 10.1 Å². The van der Waals surface area contributed by atoms with Crippen LogP contribution < -0.4 is 5.32 Å². The second-order valence-corrected chi connectivity index (χ2v) is 4.17. The smallest absolute Gasteiger partial charge is 0.305 e. The second-order valence-electron chi connectivity index (χ2n) is 4.17. The second kappa shape index (κ2) is 7.82. The van der Waals surface area contributed by atoms with Crippen molar-refractivity contribution in [1.29, 1.82) is 0 Å². The molecule has 0 atom stereocenters. The van der Waals surface area contributed by atoms with Gasteiger partial charge in [-0.1, -0.05) is 12.1 Å². The van der Waals surface area contributed by atoms with Crippen LogP contribution in [0.5, 0.6) is 0 Å². The normalized spacial score (nSPS) is 10.4. The van der Waals surface area contributed by atoms with Gasteiger partial charge in [-0.05, 0) is 44.0 Å². The first kappa shape index (κ1) is 14.6. The zero-order chi connectivity index (χ0) is 13.4. The molecule has 0 saturated heterocycles. The van der Waals surface area contributed by atoms with E-state index in [1.54, 1.807) is 19.9 Å². The lowest BCUT2D eigenvalue weighted by Gasteiger charge is -2.06. The summed E-state index contributed by atoms with van der Waals surface area (Å²) in [6, 6.07) is 5.20. The number of benzene rings is 1. The van der Waals surface area contributed by atoms with Gasteiger partial charge in [0.2, 0.25) is 0 Å². The molecule has 0 bridgehead atoms. The first-order valence-corrected chi connectivity index (χ1v) is 6.25. The summed E-state index contributed by atoms with van der Waals surface area (Å²) in [6.07, 6.45) is 1.15. The van der Waals surface area contributed by atoms with Crippen LogP contribution >= 0.6 is 0 Å². The van der Waals surface area contributed by atoms with E-state index < -0.39 is 0 Å². The van der Waals surface area contributed by atoms with Crippen molar-refractivity contribution < 1.29 is 13.9 Å². The number of esters is 1. The van der Waals surface area contributed by atoms with Crippen molar-refractivity contribution in [1.82, 2.24) is 5.32 Å². The SMILES string of the molecule is CCOC(=O)CCCNCc1ccc(C)c(F)c1. The van der Waals surface area contributed by atoms with E-state index in [9.17, 15) is 9.18 Å². The Labute approximate surface area is 107 Å². The maximum absolute atomic E-state index is 13.3. The molecule has 0 aromatic heterocycles. The molecule has 1 rings (SSSR count). The Balaban J connectivity index is 2.18. The summed E-state index contributed by atoms with van der Waals surface area (Å²) < 4.78 is 18.1. The Kier molecular flexibility index (Phi) is 6.36. The predicted octanol–water partition coefficient (Wildman–Crippen LogP) is 2.57. The van der Waals surface area contributed by atoms with Crippen LogP contribution in [0.2, 0.25) is 0 Å². The number of carbonyl (C=O) groups excluding carboxylic acids is 1. The molecule has 100 valence electrons. The first-order chi connectivity index (χ1) is 8.63. The molecule has 0 saturated carbocycles. The van der Waals surface area contributed by atoms with Crippen LogP contribution in [0.4, 0.5) is 4.39 Å². The van der Waals surface area contributed by atoms with Gasteiger partial charge in [0.15, 0.2) is 0 Å². The first-order valence-electron chi connectivity index (χ1n) is 6.25. The Morgan fingerprint density at radius 3 is 2.89 bits per heavy atom. The minimum atomic E-state index is -0.180. The largest absolute Gasteiger partial charge is 0.466 e. The third kappa shape index (κ3) is 5.27. The van der Waals surface area contributed by atoms with Crippen molar-refractivity contribution in [3.05, 3.63) is 35.1 Å². The maximum Gasteiger partial charge on any atom is 0.305 e. The molecule has 0 aliphatic rings. The standard InChI is InChI=1S/C14H20FNO2/c1-3-18-14(17)5-4-8-16-10-12-7-6-11(2)13(15)9-12/h6-7,9,16H,3-5,8,10H2,1-2H3. The van der Waals surface area contributed by atoms with Crippen LogP contribution in [0.3, 0.4) is 0 Å². The van der Waals surface area contributed by atoms with Crippen LogP contribution in [0, 0.1) is 12.7 Å². The molecule has 0 spiro atoms. The Bertz CT molecular complexity index is 393. The lowest BCUT2D eigenvalue weighted by atomic mass is 10.1. The van der Waals surface area contributed by atoms with E-state index in [0.717, 1.165) is 12.0 Å². The highest BCUT2D eigenvalue weighted by molar-refractivity contribution is 5.69. The Morgan fingerprint density at radius 1 is 1.44 bits per heavy atom. The van der Waals surface area contributed by atoms with Gasteiger partial charge in [0, 0.05) is 13.0 Å². The molecule has 4 heteroatoms. The van der Waals surface area contributed by atoms with Gasteiger partial charge in [-0.25, -0.2) is 4.39 Å². The molecule has 0 aliphatic carbocycles. The molecular formula is C14H20FNO2. The molecule has 1 aromatic carbocycles. The highest BCUT2D eigenvalue weighted by Crippen LogP contribution is 2.08. The lowest BCUT2D eigenvalue weighted by molar-refractivity contribution is -0.143. The Morgan fingerprint density at radius 2 is 2.22 bits per heavy atom. The topological polar surface area (TPSA) is 38.3 Å². The molecule has 0 heterocycles. The van der Waals surface area contributed by atoms with E-state index >= 15 is 0 Å². The van der Waals surface area contributed by atoms with Crippen LogP contribution in [-0.4, -0.2) is 19.1 Å². The van der Waals surface area contributed by atoms with Crippen molar-refractivity contribution >= 4 is 5.97 Å². The van der Waals surface area contributed by atoms with E-state index in [4.69, 9.17) is 4.74 Å². The number of ether oxygens (including phenoxy) is 1. The fraction of sp³-hybridized carbons (Fsp3) is 0.500. The summed E-state index contributed by atoms with van der Waals surface area (Å²) in [5, 5.41) is 3.17. The lowest BCUT2D eigenvalue weighted by Crippen LogP contribution is -2.16. The van der Waals surface area contributed by atoms with E-state index in [-0.39, 0.29) is 11.8 Å². The zero-order valence-corrected chi connectivity index (χ0v) is 11.0. The molecule has 0 radical (unpaired) electrons. The number of halogens is 1. The number of rotatable bonds is 7. The van der Waals surface area contributed by atoms with Gasteiger partial charge in [-0.15, -0.1) is 0 Å². The van der Waals surface area contributed by atoms with Crippen LogP contribution in [-0.2, 0) is 16.1 Å². The van der Waals surface area contributed by atoms with Crippen molar-refractivity contribution in [3.8, 4) is 0 Å². The number of carbonyl (C=O) groups is 1. The number of aryl methyl sites for hydroxylation is 1. The number of hydrogen-bond donors (Lipinski definition) is 1. The van der Waals surface area contributed by atoms with Gasteiger partial charge in [-0.3, -0.25) is 4.79 Å². The molecule has 1 aromatic rings. The predicted molar refractivity (Wildman–Crippen MR) is 68.7 cm³/mol. The summed E-state index contributed by atoms with van der Waals surface area (Å²) in [5.74, 6) is -0.346. The molecule has 3 nitrogen and oxygen atoms in total. The third-order valence-electron chi connectivity index (χ3n) is 2.61. The molecule has 0 fully saturated rings. The van der Waals surface area contributed by atoms with E-state index in [2.05, 4.69) is 5.32 Å². The maximum atomic E-state index is 13.3. The highest BCUT2D eigenvalue weighted by Gasteiger charge is 2.01. The number of nitrogens with one attached hydrogen (secondary N) is 1. The van der Waals surface area contributed by atoms with E-state index in [0.29, 0.717) is 31.7 Å². The molecule has 0 amide bonds. The van der Waals surface area contributed by atoms with Gasteiger partial charge >= 0.3 is 5.97 Å². The monoisotopic (exact) mass is 253 g/mol. The van der Waals surface area contributed by atoms with Gasteiger partial charge in [-0.2, -0.15) is 0 Å². The molecule has 0 aliphatic heterocycles. The minimum absolute atomic E-state index is 0.166. The number of hydrogen-bond acceptors (Lipinski definition) is 3. The summed E-state index contributed by atoms with van der Waals surface area (Å²) in [4.78, 5) is 11.1. The van der Waals surface area contributed by atoms with Gasteiger partial charge in [0.05, 0.1) is 6.61 Å². The van der Waals surface area contributed by atoms with Crippen LogP contribution in [0.15, 0.2) is 18.2 Å². The quantitative estimate of drug-likeness (QED) is 0.599. The van der Waals surface area contributed by atoms with Crippen molar-refractivity contribution in [3.63, 3.8) is 0 Å². The van der Waals surface area contributed by atoms with Crippen molar-refractivity contribution in [2.45, 2.75) is 33.2 Å². The van der Waals surface area contributed by atoms with Gasteiger partial charge in [0.25, 0.3) is 0 Å². The van der Waals surface area contributed by atoms with E-state index in [1.165, 1.54) is 6.07 Å². The highest BCUT2D eigenvalue weighted by atomic mass is 19.1. The summed E-state index contributed by atoms with van der Waals surface area (Å²) in [7, 11) is 0. The fourth-order valence-corrected chi connectivity index (χ4v) is 1.57. The van der Waals surface area contributed by atoms with Crippen molar-refractivity contribution in [2.24, 2.45) is 0 Å². The minimum Gasteiger partial charge on any atom is -0.466 e. The molecule has 1 N–H and O–H groups in total. The molecule has 0 unspecified atom stereocenters. The van der Waals surface area contributed by atoms with E-state index in [1.807, 2.05) is 6.07 Å². The van der Waals surface area contributed by atoms with Crippen LogP contribution in [0.1, 0.15) is 30.9 Å². The van der Waals surface area contributed by atoms with Gasteiger partial charge in [0.1, 0.15) is 5.82 Å².